The number of aromatic nitrogens is 2. The summed E-state index contributed by atoms with van der Waals surface area (Å²) in [5.74, 6) is -8.72. The fourth-order valence-corrected chi connectivity index (χ4v) is 10.9. The molecule has 0 saturated heterocycles. The summed E-state index contributed by atoms with van der Waals surface area (Å²) in [5.41, 5.74) is 8.62. The van der Waals surface area contributed by atoms with Crippen molar-refractivity contribution in [2.75, 3.05) is 9.80 Å². The van der Waals surface area contributed by atoms with Gasteiger partial charge in [0.2, 0.25) is 5.82 Å². The summed E-state index contributed by atoms with van der Waals surface area (Å²) in [7, 11) is 0. The predicted octanol–water partition coefficient (Wildman–Crippen LogP) is 20.2. The van der Waals surface area contributed by atoms with Crippen LogP contribution in [0.3, 0.4) is 0 Å². The number of hydrogen-bond donors (Lipinski definition) is 0. The topological polar surface area (TPSA) is 33.5 Å². The molecule has 420 valence electrons. The number of fused-ring (bicyclic) bond motifs is 4. The molecule has 0 aliphatic carbocycles. The Bertz CT molecular complexity index is 4250. The van der Waals surface area contributed by atoms with E-state index < -0.39 is 34.6 Å². The minimum Gasteiger partial charge on any atom is -0.509 e. The average molecular weight is 1290 g/mol. The quantitative estimate of drug-likeness (QED) is 0.0624. The molecule has 0 amide bonds. The van der Waals surface area contributed by atoms with Crippen LogP contribution in [-0.4, -0.2) is 9.55 Å². The van der Waals surface area contributed by atoms with Crippen molar-refractivity contribution in [2.24, 2.45) is 0 Å². The van der Waals surface area contributed by atoms with Gasteiger partial charge in [-0.15, -0.1) is 53.6 Å². The zero-order valence-electron chi connectivity index (χ0n) is 47.3. The minimum absolute atomic E-state index is 0. The zero-order chi connectivity index (χ0) is 57.6. The Hall–Kier alpha value is -8.33. The van der Waals surface area contributed by atoms with Crippen LogP contribution in [0.2, 0.25) is 0 Å². The summed E-state index contributed by atoms with van der Waals surface area (Å²) in [4.78, 5) is 8.54. The molecule has 0 fully saturated rings. The van der Waals surface area contributed by atoms with Crippen molar-refractivity contribution in [1.82, 2.24) is 9.55 Å². The van der Waals surface area contributed by atoms with E-state index in [9.17, 15) is 0 Å². The summed E-state index contributed by atoms with van der Waals surface area (Å²) in [6.07, 6.45) is 1.84. The third-order valence-electron chi connectivity index (χ3n) is 15.4. The Kier molecular flexibility index (Phi) is 14.6. The monoisotopic (exact) mass is 1280 g/mol. The van der Waals surface area contributed by atoms with Crippen molar-refractivity contribution in [3.05, 3.63) is 247 Å². The van der Waals surface area contributed by atoms with Crippen molar-refractivity contribution in [1.29, 1.82) is 0 Å². The number of ether oxygens (including phenoxy) is 1. The van der Waals surface area contributed by atoms with Gasteiger partial charge in [0, 0.05) is 72.5 Å². The van der Waals surface area contributed by atoms with E-state index in [-0.39, 0.29) is 48.6 Å². The summed E-state index contributed by atoms with van der Waals surface area (Å²) >= 11 is 0. The average Bonchev–Trinajstić information content (AvgIpc) is 2.52. The first-order valence-corrected chi connectivity index (χ1v) is 27.3. The Balaban J connectivity index is 0.00000721. The third-order valence-corrected chi connectivity index (χ3v) is 15.4. The van der Waals surface area contributed by atoms with Gasteiger partial charge in [0.1, 0.15) is 5.82 Å². The number of pyridine rings is 1. The molecule has 9 aromatic carbocycles. The summed E-state index contributed by atoms with van der Waals surface area (Å²) in [6, 6.07) is 63.6. The third kappa shape index (κ3) is 10.4. The van der Waals surface area contributed by atoms with Gasteiger partial charge in [-0.25, -0.2) is 26.9 Å². The Morgan fingerprint density at radius 3 is 1.60 bits per heavy atom. The van der Waals surface area contributed by atoms with E-state index in [0.29, 0.717) is 50.8 Å². The van der Waals surface area contributed by atoms with E-state index in [0.717, 1.165) is 55.4 Å². The Labute approximate surface area is 495 Å². The van der Waals surface area contributed by atoms with Crippen molar-refractivity contribution < 1.29 is 47.8 Å². The van der Waals surface area contributed by atoms with Crippen LogP contribution in [0.25, 0.3) is 72.1 Å². The van der Waals surface area contributed by atoms with Crippen molar-refractivity contribution in [3.8, 4) is 61.8 Å². The standard InChI is InChI=1S/C72H58F5N4O.Pt/c1-70(2,3)48-30-31-78-62(39-48)81-58-25-17-16-24-54(58)55-29-28-52(41-61(55)81)82-53-35-45(43-20-12-10-13-21-43)34-51(40-53)79-42-80(60-27-19-18-26-59(60)79)69-56(47-32-49(71(4,5)6)38-50(33-47)72(7,8)9)36-46(44-22-14-11-15-23-44)37-57(69)63-64(73)66(75)68(77)67(76)65(63)74;/h10-39,42H,1-9H3;/q-3;. The predicted molar refractivity (Wildman–Crippen MR) is 322 cm³/mol. The number of anilines is 4. The first kappa shape index (κ1) is 56.5. The molecular weight excluding hydrogens is 1230 g/mol. The van der Waals surface area contributed by atoms with Gasteiger partial charge in [-0.05, 0) is 103 Å². The van der Waals surface area contributed by atoms with Crippen LogP contribution in [0.1, 0.15) is 79.0 Å². The van der Waals surface area contributed by atoms with Crippen LogP contribution in [-0.2, 0) is 37.3 Å². The fourth-order valence-electron chi connectivity index (χ4n) is 10.9. The van der Waals surface area contributed by atoms with Crippen LogP contribution in [0.15, 0.2) is 182 Å². The molecule has 0 saturated carbocycles. The van der Waals surface area contributed by atoms with Gasteiger partial charge in [0.25, 0.3) is 0 Å². The van der Waals surface area contributed by atoms with Gasteiger partial charge in [-0.1, -0.05) is 177 Å². The zero-order valence-corrected chi connectivity index (χ0v) is 49.6. The smallest absolute Gasteiger partial charge is 0.200 e. The second-order valence-electron chi connectivity index (χ2n) is 24.1. The molecule has 12 rings (SSSR count). The number of nitrogens with zero attached hydrogens (tertiary/aromatic N) is 4. The molecule has 1 aliphatic heterocycles. The second-order valence-corrected chi connectivity index (χ2v) is 24.1. The largest absolute Gasteiger partial charge is 0.509 e. The molecule has 11 heteroatoms. The maximum absolute atomic E-state index is 16.9. The Morgan fingerprint density at radius 2 is 0.988 bits per heavy atom. The number of hydrogen-bond acceptors (Lipinski definition) is 4. The molecule has 0 bridgehead atoms. The van der Waals surface area contributed by atoms with Crippen molar-refractivity contribution in [2.45, 2.75) is 78.6 Å². The molecule has 83 heavy (non-hydrogen) atoms. The first-order chi connectivity index (χ1) is 39.1. The van der Waals surface area contributed by atoms with E-state index in [1.807, 2.05) is 145 Å². The molecule has 1 aliphatic rings. The number of rotatable bonds is 9. The maximum Gasteiger partial charge on any atom is 0.200 e. The Morgan fingerprint density at radius 1 is 0.446 bits per heavy atom. The van der Waals surface area contributed by atoms with E-state index in [1.54, 1.807) is 11.6 Å². The first-order valence-electron chi connectivity index (χ1n) is 27.3. The van der Waals surface area contributed by atoms with E-state index in [2.05, 4.69) is 115 Å². The van der Waals surface area contributed by atoms with Crippen molar-refractivity contribution in [3.63, 3.8) is 0 Å². The van der Waals surface area contributed by atoms with Crippen molar-refractivity contribution >= 4 is 44.6 Å². The fraction of sp³-hybridized carbons (Fsp3) is 0.167. The van der Waals surface area contributed by atoms with Gasteiger partial charge < -0.3 is 19.1 Å². The molecule has 0 radical (unpaired) electrons. The van der Waals surface area contributed by atoms with Gasteiger partial charge in [0.15, 0.2) is 23.3 Å². The van der Waals surface area contributed by atoms with Gasteiger partial charge in [-0.2, -0.15) is 6.07 Å². The van der Waals surface area contributed by atoms with Crippen LogP contribution in [0, 0.1) is 47.9 Å². The van der Waals surface area contributed by atoms with Gasteiger partial charge >= 0.3 is 0 Å². The van der Waals surface area contributed by atoms with Crippen LogP contribution in [0.4, 0.5) is 44.7 Å². The van der Waals surface area contributed by atoms with Crippen LogP contribution < -0.4 is 14.5 Å². The SMILES string of the molecule is CC(C)(C)c1cc(-c2cc(-c3ccccc3)cc(-c3c(F)c(F)c(F)c(F)c3F)c2N2[CH-]N(c3[c-]c(Oc4[c-]c5c(cc4)c4ccccc4n5-c4cc(C(C)(C)C)ccn4)cc(-c4ccccc4)c3)c3ccccc32)cc(C(C)(C)C)c1.[Pt]. The molecular formula is C72H58F5N4OPt-3. The van der Waals surface area contributed by atoms with E-state index in [4.69, 9.17) is 9.72 Å². The number of halogens is 5. The van der Waals surface area contributed by atoms with Gasteiger partial charge in [0.05, 0.1) is 5.56 Å². The second kappa shape index (κ2) is 21.5. The van der Waals surface area contributed by atoms with Crippen LogP contribution >= 0.6 is 0 Å². The van der Waals surface area contributed by atoms with E-state index >= 15 is 22.0 Å². The molecule has 2 aromatic heterocycles. The minimum atomic E-state index is -2.24. The molecule has 0 atom stereocenters. The van der Waals surface area contributed by atoms with E-state index in [1.165, 1.54) is 6.07 Å². The maximum atomic E-state index is 16.9. The number of para-hydroxylation sites is 3. The van der Waals surface area contributed by atoms with Crippen LogP contribution in [0.5, 0.6) is 11.5 Å². The normalized spacial score (nSPS) is 12.7. The molecule has 0 N–H and O–H groups in total. The number of benzene rings is 9. The molecule has 0 spiro atoms. The summed E-state index contributed by atoms with van der Waals surface area (Å²) in [6.45, 7) is 21.0. The van der Waals surface area contributed by atoms with Gasteiger partial charge in [-0.3, -0.25) is 0 Å². The summed E-state index contributed by atoms with van der Waals surface area (Å²) < 4.78 is 89.4. The molecule has 0 unspecified atom stereocenters. The molecule has 5 nitrogen and oxygen atoms in total. The molecule has 3 heterocycles. The molecule has 11 aromatic rings. The summed E-state index contributed by atoms with van der Waals surface area (Å²) in [5, 5.41) is 2.01.